The predicted octanol–water partition coefficient (Wildman–Crippen LogP) is 4.68. The zero-order valence-corrected chi connectivity index (χ0v) is 13.7. The second-order valence-corrected chi connectivity index (χ2v) is 6.40. The highest BCUT2D eigenvalue weighted by Gasteiger charge is 2.04. The van der Waals surface area contributed by atoms with E-state index in [4.69, 9.17) is 4.74 Å². The smallest absolute Gasteiger partial charge is 0.0642 e. The van der Waals surface area contributed by atoms with E-state index in [9.17, 15) is 0 Å². The van der Waals surface area contributed by atoms with Crippen LogP contribution in [-0.2, 0) is 4.74 Å². The zero-order chi connectivity index (χ0) is 15.2. The Morgan fingerprint density at radius 1 is 1.09 bits per heavy atom. The molecule has 3 rings (SSSR count). The number of rotatable bonds is 4. The van der Waals surface area contributed by atoms with Crippen molar-refractivity contribution in [1.82, 2.24) is 4.90 Å². The van der Waals surface area contributed by atoms with Crippen LogP contribution in [-0.4, -0.2) is 31.2 Å². The number of nitrogens with zero attached hydrogens (tertiary/aromatic N) is 1. The summed E-state index contributed by atoms with van der Waals surface area (Å²) in [6.07, 6.45) is 4.36. The van der Waals surface area contributed by atoms with Gasteiger partial charge in [-0.1, -0.05) is 42.1 Å². The molecule has 0 aliphatic carbocycles. The van der Waals surface area contributed by atoms with E-state index in [1.807, 2.05) is 0 Å². The van der Waals surface area contributed by atoms with E-state index in [1.54, 1.807) is 11.8 Å². The van der Waals surface area contributed by atoms with Crippen LogP contribution in [0.2, 0.25) is 0 Å². The molecule has 114 valence electrons. The lowest BCUT2D eigenvalue weighted by molar-refractivity contribution is 0.0594. The molecule has 1 heterocycles. The highest BCUT2D eigenvalue weighted by Crippen LogP contribution is 2.25. The van der Waals surface area contributed by atoms with Gasteiger partial charge in [-0.25, -0.2) is 0 Å². The Kier molecular flexibility index (Phi) is 5.20. The molecule has 3 heteroatoms. The lowest BCUT2D eigenvalue weighted by atomic mass is 10.1. The van der Waals surface area contributed by atoms with Gasteiger partial charge in [-0.2, -0.15) is 0 Å². The molecule has 0 atom stereocenters. The zero-order valence-electron chi connectivity index (χ0n) is 12.9. The lowest BCUT2D eigenvalue weighted by Gasteiger charge is -2.25. The maximum atomic E-state index is 5.35. The number of ether oxygens (including phenoxy) is 1. The molecule has 0 N–H and O–H groups in total. The van der Waals surface area contributed by atoms with Gasteiger partial charge in [-0.05, 0) is 53.1 Å². The molecular formula is C19H21NOS. The number of thioether (sulfide) groups is 1. The highest BCUT2D eigenvalue weighted by atomic mass is 32.2. The van der Waals surface area contributed by atoms with Crippen LogP contribution in [0.15, 0.2) is 70.6 Å². The van der Waals surface area contributed by atoms with Gasteiger partial charge in [-0.3, -0.25) is 0 Å². The standard InChI is InChI=1S/C19H21NOS/c1-16(8-9-20-10-12-21-13-11-20)15-22-19-7-6-17-4-2-3-5-18(17)14-19/h2-9,14-15H,10-13H2,1H3/b9-8+,16-15+. The summed E-state index contributed by atoms with van der Waals surface area (Å²) >= 11 is 1.77. The van der Waals surface area contributed by atoms with Crippen molar-refractivity contribution in [2.75, 3.05) is 26.3 Å². The number of benzene rings is 2. The molecule has 1 aliphatic heterocycles. The van der Waals surface area contributed by atoms with Crippen LogP contribution in [0, 0.1) is 0 Å². The maximum absolute atomic E-state index is 5.35. The van der Waals surface area contributed by atoms with Crippen LogP contribution in [0.3, 0.4) is 0 Å². The van der Waals surface area contributed by atoms with Crippen molar-refractivity contribution in [3.8, 4) is 0 Å². The SMILES string of the molecule is CC(/C=C/N1CCOCC1)=C\Sc1ccc2ccccc2c1. The Labute approximate surface area is 136 Å². The maximum Gasteiger partial charge on any atom is 0.0642 e. The Morgan fingerprint density at radius 2 is 1.86 bits per heavy atom. The van der Waals surface area contributed by atoms with Gasteiger partial charge in [0.15, 0.2) is 0 Å². The summed E-state index contributed by atoms with van der Waals surface area (Å²) in [4.78, 5) is 3.58. The third-order valence-electron chi connectivity index (χ3n) is 3.70. The fourth-order valence-electron chi connectivity index (χ4n) is 2.39. The number of fused-ring (bicyclic) bond motifs is 1. The molecule has 0 unspecified atom stereocenters. The summed E-state index contributed by atoms with van der Waals surface area (Å²) in [6.45, 7) is 5.78. The summed E-state index contributed by atoms with van der Waals surface area (Å²) in [5.41, 5.74) is 1.27. The van der Waals surface area contributed by atoms with Crippen molar-refractivity contribution in [1.29, 1.82) is 0 Å². The van der Waals surface area contributed by atoms with Crippen LogP contribution in [0.5, 0.6) is 0 Å². The fourth-order valence-corrected chi connectivity index (χ4v) is 3.13. The van der Waals surface area contributed by atoms with Crippen molar-refractivity contribution < 1.29 is 4.74 Å². The molecule has 0 bridgehead atoms. The van der Waals surface area contributed by atoms with Crippen molar-refractivity contribution in [3.05, 3.63) is 65.7 Å². The van der Waals surface area contributed by atoms with Gasteiger partial charge in [-0.15, -0.1) is 0 Å². The Hall–Kier alpha value is -1.71. The third-order valence-corrected chi connectivity index (χ3v) is 4.71. The van der Waals surface area contributed by atoms with Crippen LogP contribution < -0.4 is 0 Å². The summed E-state index contributed by atoms with van der Waals surface area (Å²) in [5, 5.41) is 4.79. The van der Waals surface area contributed by atoms with Crippen molar-refractivity contribution in [2.45, 2.75) is 11.8 Å². The van der Waals surface area contributed by atoms with Crippen molar-refractivity contribution in [2.24, 2.45) is 0 Å². The second kappa shape index (κ2) is 7.52. The quantitative estimate of drug-likeness (QED) is 0.601. The number of allylic oxidation sites excluding steroid dienone is 2. The monoisotopic (exact) mass is 311 g/mol. The minimum absolute atomic E-state index is 0.832. The molecule has 2 nitrogen and oxygen atoms in total. The van der Waals surface area contributed by atoms with E-state index in [0.29, 0.717) is 0 Å². The van der Waals surface area contributed by atoms with E-state index < -0.39 is 0 Å². The van der Waals surface area contributed by atoms with Crippen LogP contribution in [0.25, 0.3) is 10.8 Å². The molecule has 0 spiro atoms. The molecule has 0 saturated carbocycles. The van der Waals surface area contributed by atoms with E-state index in [1.165, 1.54) is 21.2 Å². The van der Waals surface area contributed by atoms with Crippen LogP contribution >= 0.6 is 11.8 Å². The molecule has 0 amide bonds. The summed E-state index contributed by atoms with van der Waals surface area (Å²) in [6, 6.07) is 15.1. The summed E-state index contributed by atoms with van der Waals surface area (Å²) in [5.74, 6) is 0. The Bertz CT molecular complexity index is 687. The van der Waals surface area contributed by atoms with Gasteiger partial charge in [0, 0.05) is 18.0 Å². The molecule has 22 heavy (non-hydrogen) atoms. The second-order valence-electron chi connectivity index (χ2n) is 5.45. The van der Waals surface area contributed by atoms with Crippen molar-refractivity contribution in [3.63, 3.8) is 0 Å². The Morgan fingerprint density at radius 3 is 2.68 bits per heavy atom. The summed E-state index contributed by atoms with van der Waals surface area (Å²) in [7, 11) is 0. The molecule has 2 aromatic carbocycles. The topological polar surface area (TPSA) is 12.5 Å². The molecule has 2 aromatic rings. The van der Waals surface area contributed by atoms with Gasteiger partial charge in [0.1, 0.15) is 0 Å². The first-order chi connectivity index (χ1) is 10.8. The fraction of sp³-hybridized carbons (Fsp3) is 0.263. The number of morpholine rings is 1. The third kappa shape index (κ3) is 4.15. The van der Waals surface area contributed by atoms with E-state index in [0.717, 1.165) is 26.3 Å². The molecule has 1 fully saturated rings. The van der Waals surface area contributed by atoms with Gasteiger partial charge in [0.2, 0.25) is 0 Å². The van der Waals surface area contributed by atoms with Gasteiger partial charge >= 0.3 is 0 Å². The molecular weight excluding hydrogens is 290 g/mol. The normalized spacial score (nSPS) is 16.6. The molecule has 0 aromatic heterocycles. The predicted molar refractivity (Wildman–Crippen MR) is 95.1 cm³/mol. The Balaban J connectivity index is 1.62. The largest absolute Gasteiger partial charge is 0.378 e. The van der Waals surface area contributed by atoms with E-state index in [-0.39, 0.29) is 0 Å². The molecule has 1 aliphatic rings. The number of hydrogen-bond acceptors (Lipinski definition) is 3. The average Bonchev–Trinajstić information content (AvgIpc) is 2.59. The van der Waals surface area contributed by atoms with Crippen LogP contribution in [0.1, 0.15) is 6.92 Å². The van der Waals surface area contributed by atoms with Gasteiger partial charge in [0.25, 0.3) is 0 Å². The first kappa shape index (κ1) is 15.2. The lowest BCUT2D eigenvalue weighted by Crippen LogP contribution is -2.31. The highest BCUT2D eigenvalue weighted by molar-refractivity contribution is 8.02. The minimum atomic E-state index is 0.832. The van der Waals surface area contributed by atoms with Gasteiger partial charge < -0.3 is 9.64 Å². The van der Waals surface area contributed by atoms with E-state index >= 15 is 0 Å². The number of hydrogen-bond donors (Lipinski definition) is 0. The first-order valence-electron chi connectivity index (χ1n) is 7.63. The van der Waals surface area contributed by atoms with E-state index in [2.05, 4.69) is 72.0 Å². The van der Waals surface area contributed by atoms with Crippen LogP contribution in [0.4, 0.5) is 0 Å². The van der Waals surface area contributed by atoms with Gasteiger partial charge in [0.05, 0.1) is 13.2 Å². The first-order valence-corrected chi connectivity index (χ1v) is 8.51. The summed E-state index contributed by atoms with van der Waals surface area (Å²) < 4.78 is 5.35. The average molecular weight is 311 g/mol. The van der Waals surface area contributed by atoms with Crippen molar-refractivity contribution >= 4 is 22.5 Å². The minimum Gasteiger partial charge on any atom is -0.378 e. The molecule has 0 radical (unpaired) electrons. The molecule has 1 saturated heterocycles.